The van der Waals surface area contributed by atoms with Crippen molar-refractivity contribution >= 4 is 16.9 Å². The zero-order chi connectivity index (χ0) is 19.3. The maximum atomic E-state index is 12.8. The molecule has 4 aromatic rings. The SMILES string of the molecule is Cc1cc2cc(-c3cc(=O)n4cc(N5CCN[C@@H](C)C5)ccc4n3)ccn2n1. The van der Waals surface area contributed by atoms with Crippen molar-refractivity contribution in [3.63, 3.8) is 0 Å². The highest BCUT2D eigenvalue weighted by molar-refractivity contribution is 5.67. The van der Waals surface area contributed by atoms with E-state index in [1.54, 1.807) is 10.5 Å². The summed E-state index contributed by atoms with van der Waals surface area (Å²) in [6, 6.07) is 12.0. The lowest BCUT2D eigenvalue weighted by Crippen LogP contribution is -2.49. The number of pyridine rings is 2. The van der Waals surface area contributed by atoms with E-state index in [0.717, 1.165) is 42.1 Å². The Kier molecular flexibility index (Phi) is 3.91. The number of rotatable bonds is 2. The standard InChI is InChI=1S/C21H22N6O/c1-14-9-18-10-16(5-7-27(18)24-14)19-11-21(28)26-13-17(3-4-20(26)23-19)25-8-6-22-15(2)12-25/h3-5,7,9-11,13,15,22H,6,8,12H2,1-2H3/t15-/m0/s1. The molecule has 0 unspecified atom stereocenters. The molecule has 4 aromatic heterocycles. The minimum atomic E-state index is -0.0744. The number of nitrogens with one attached hydrogen (secondary N) is 1. The summed E-state index contributed by atoms with van der Waals surface area (Å²) >= 11 is 0. The van der Waals surface area contributed by atoms with Gasteiger partial charge in [0.2, 0.25) is 0 Å². The Morgan fingerprint density at radius 1 is 1.18 bits per heavy atom. The molecule has 5 rings (SSSR count). The maximum absolute atomic E-state index is 12.8. The third-order valence-electron chi connectivity index (χ3n) is 5.26. The van der Waals surface area contributed by atoms with E-state index in [-0.39, 0.29) is 5.56 Å². The first-order chi connectivity index (χ1) is 13.6. The summed E-state index contributed by atoms with van der Waals surface area (Å²) in [5, 5.41) is 7.84. The molecular formula is C21H22N6O. The van der Waals surface area contributed by atoms with Crippen LogP contribution in [0.4, 0.5) is 5.69 Å². The molecule has 0 spiro atoms. The van der Waals surface area contributed by atoms with Crippen molar-refractivity contribution in [2.45, 2.75) is 19.9 Å². The van der Waals surface area contributed by atoms with Gasteiger partial charge in [0.1, 0.15) is 5.65 Å². The fourth-order valence-electron chi connectivity index (χ4n) is 3.87. The summed E-state index contributed by atoms with van der Waals surface area (Å²) in [5.74, 6) is 0. The van der Waals surface area contributed by atoms with Crippen LogP contribution < -0.4 is 15.8 Å². The molecule has 0 bridgehead atoms. The zero-order valence-electron chi connectivity index (χ0n) is 16.0. The molecule has 1 aliphatic heterocycles. The normalized spacial score (nSPS) is 17.5. The average molecular weight is 374 g/mol. The van der Waals surface area contributed by atoms with Crippen molar-refractivity contribution in [2.24, 2.45) is 0 Å². The molecule has 1 saturated heterocycles. The summed E-state index contributed by atoms with van der Waals surface area (Å²) in [6.07, 6.45) is 3.80. The highest BCUT2D eigenvalue weighted by atomic mass is 16.1. The van der Waals surface area contributed by atoms with Crippen LogP contribution in [0.5, 0.6) is 0 Å². The lowest BCUT2D eigenvalue weighted by molar-refractivity contribution is 0.484. The van der Waals surface area contributed by atoms with Crippen LogP contribution in [0.3, 0.4) is 0 Å². The summed E-state index contributed by atoms with van der Waals surface area (Å²) in [5.41, 5.74) is 5.16. The van der Waals surface area contributed by atoms with Crippen LogP contribution in [-0.4, -0.2) is 44.7 Å². The van der Waals surface area contributed by atoms with E-state index in [1.807, 2.05) is 54.2 Å². The third kappa shape index (κ3) is 2.93. The summed E-state index contributed by atoms with van der Waals surface area (Å²) in [4.78, 5) is 19.8. The van der Waals surface area contributed by atoms with Crippen molar-refractivity contribution in [3.05, 3.63) is 64.8 Å². The van der Waals surface area contributed by atoms with Crippen LogP contribution in [0.15, 0.2) is 53.6 Å². The molecule has 28 heavy (non-hydrogen) atoms. The van der Waals surface area contributed by atoms with Gasteiger partial charge in [-0.2, -0.15) is 5.10 Å². The Morgan fingerprint density at radius 2 is 2.07 bits per heavy atom. The van der Waals surface area contributed by atoms with Gasteiger partial charge in [-0.05, 0) is 44.2 Å². The summed E-state index contributed by atoms with van der Waals surface area (Å²) < 4.78 is 3.46. The van der Waals surface area contributed by atoms with E-state index in [2.05, 4.69) is 22.2 Å². The molecule has 1 N–H and O–H groups in total. The Hall–Kier alpha value is -3.19. The van der Waals surface area contributed by atoms with Gasteiger partial charge >= 0.3 is 0 Å². The van der Waals surface area contributed by atoms with E-state index in [9.17, 15) is 4.79 Å². The number of fused-ring (bicyclic) bond motifs is 2. The van der Waals surface area contributed by atoms with Gasteiger partial charge in [-0.25, -0.2) is 9.50 Å². The average Bonchev–Trinajstić information content (AvgIpc) is 3.07. The smallest absolute Gasteiger partial charge is 0.258 e. The van der Waals surface area contributed by atoms with Gasteiger partial charge in [0.25, 0.3) is 5.56 Å². The molecule has 1 aliphatic rings. The van der Waals surface area contributed by atoms with E-state index in [0.29, 0.717) is 17.4 Å². The first-order valence-electron chi connectivity index (χ1n) is 9.55. The largest absolute Gasteiger partial charge is 0.368 e. The van der Waals surface area contributed by atoms with Crippen LogP contribution in [-0.2, 0) is 0 Å². The molecule has 1 fully saturated rings. The molecule has 142 valence electrons. The molecule has 0 aliphatic carbocycles. The monoisotopic (exact) mass is 374 g/mol. The Morgan fingerprint density at radius 3 is 2.93 bits per heavy atom. The van der Waals surface area contributed by atoms with Crippen molar-refractivity contribution in [3.8, 4) is 11.3 Å². The lowest BCUT2D eigenvalue weighted by Gasteiger charge is -2.33. The predicted molar refractivity (Wildman–Crippen MR) is 110 cm³/mol. The number of anilines is 1. The fraction of sp³-hybridized carbons (Fsp3) is 0.286. The number of aryl methyl sites for hydroxylation is 1. The van der Waals surface area contributed by atoms with Gasteiger partial charge in [-0.1, -0.05) is 0 Å². The van der Waals surface area contributed by atoms with Gasteiger partial charge in [0, 0.05) is 49.7 Å². The van der Waals surface area contributed by atoms with Gasteiger partial charge in [0.05, 0.1) is 22.6 Å². The second-order valence-electron chi connectivity index (χ2n) is 7.47. The van der Waals surface area contributed by atoms with Gasteiger partial charge in [-0.15, -0.1) is 0 Å². The van der Waals surface area contributed by atoms with Gasteiger partial charge < -0.3 is 10.2 Å². The first kappa shape index (κ1) is 16.9. The first-order valence-corrected chi connectivity index (χ1v) is 9.55. The highest BCUT2D eigenvalue weighted by Crippen LogP contribution is 2.21. The van der Waals surface area contributed by atoms with Crippen molar-refractivity contribution in [1.29, 1.82) is 0 Å². The van der Waals surface area contributed by atoms with Crippen molar-refractivity contribution < 1.29 is 0 Å². The molecular weight excluding hydrogens is 352 g/mol. The second kappa shape index (κ2) is 6.45. The van der Waals surface area contributed by atoms with Crippen molar-refractivity contribution in [1.82, 2.24) is 24.3 Å². The maximum Gasteiger partial charge on any atom is 0.258 e. The van der Waals surface area contributed by atoms with E-state index in [1.165, 1.54) is 0 Å². The van der Waals surface area contributed by atoms with Crippen LogP contribution in [0.2, 0.25) is 0 Å². The molecule has 0 saturated carbocycles. The molecule has 0 aromatic carbocycles. The lowest BCUT2D eigenvalue weighted by atomic mass is 10.1. The minimum Gasteiger partial charge on any atom is -0.368 e. The Balaban J connectivity index is 1.56. The van der Waals surface area contributed by atoms with E-state index < -0.39 is 0 Å². The minimum absolute atomic E-state index is 0.0744. The van der Waals surface area contributed by atoms with Crippen LogP contribution in [0, 0.1) is 6.92 Å². The number of nitrogens with zero attached hydrogens (tertiary/aromatic N) is 5. The third-order valence-corrected chi connectivity index (χ3v) is 5.26. The van der Waals surface area contributed by atoms with Crippen LogP contribution in [0.25, 0.3) is 22.4 Å². The van der Waals surface area contributed by atoms with E-state index in [4.69, 9.17) is 4.98 Å². The number of hydrogen-bond donors (Lipinski definition) is 1. The Labute approximate surface area is 162 Å². The van der Waals surface area contributed by atoms with Gasteiger partial charge in [-0.3, -0.25) is 9.20 Å². The molecule has 7 heteroatoms. The topological polar surface area (TPSA) is 66.9 Å². The number of aromatic nitrogens is 4. The van der Waals surface area contributed by atoms with Crippen molar-refractivity contribution in [2.75, 3.05) is 24.5 Å². The highest BCUT2D eigenvalue weighted by Gasteiger charge is 2.17. The molecule has 5 heterocycles. The Bertz CT molecular complexity index is 1240. The zero-order valence-corrected chi connectivity index (χ0v) is 16.0. The molecule has 1 atom stereocenters. The molecule has 0 amide bonds. The molecule has 7 nitrogen and oxygen atoms in total. The second-order valence-corrected chi connectivity index (χ2v) is 7.47. The van der Waals surface area contributed by atoms with E-state index >= 15 is 0 Å². The van der Waals surface area contributed by atoms with Crippen LogP contribution >= 0.6 is 0 Å². The van der Waals surface area contributed by atoms with Gasteiger partial charge in [0.15, 0.2) is 0 Å². The fourth-order valence-corrected chi connectivity index (χ4v) is 3.87. The predicted octanol–water partition coefficient (Wildman–Crippen LogP) is 2.12. The van der Waals surface area contributed by atoms with Crippen LogP contribution in [0.1, 0.15) is 12.6 Å². The molecule has 0 radical (unpaired) electrons. The number of hydrogen-bond acceptors (Lipinski definition) is 5. The summed E-state index contributed by atoms with van der Waals surface area (Å²) in [7, 11) is 0. The quantitative estimate of drug-likeness (QED) is 0.582. The number of piperazine rings is 1. The summed E-state index contributed by atoms with van der Waals surface area (Å²) in [6.45, 7) is 6.94.